The molecular formula is C18H16BrFN2O. The van der Waals surface area contributed by atoms with Crippen LogP contribution >= 0.6 is 15.9 Å². The van der Waals surface area contributed by atoms with Crippen LogP contribution in [0.1, 0.15) is 11.1 Å². The molecule has 0 spiro atoms. The molecule has 0 aliphatic rings. The average molecular weight is 375 g/mol. The van der Waals surface area contributed by atoms with Gasteiger partial charge in [-0.1, -0.05) is 34.1 Å². The van der Waals surface area contributed by atoms with Crippen molar-refractivity contribution in [2.24, 2.45) is 0 Å². The highest BCUT2D eigenvalue weighted by atomic mass is 79.9. The standard InChI is InChI=1S/C18H16BrFN2O/c19-16-4-2-1-3-12(16)9-18(23)21-8-7-13-11-22-17-10-14(20)5-6-15(13)17/h1-6,10-11,22H,7-9H2,(H,21,23). The summed E-state index contributed by atoms with van der Waals surface area (Å²) < 4.78 is 14.1. The molecule has 0 atom stereocenters. The summed E-state index contributed by atoms with van der Waals surface area (Å²) in [6.07, 6.45) is 2.91. The second-order valence-corrected chi connectivity index (χ2v) is 6.23. The highest BCUT2D eigenvalue weighted by Gasteiger charge is 2.08. The van der Waals surface area contributed by atoms with E-state index in [1.54, 1.807) is 6.07 Å². The second kappa shape index (κ2) is 6.96. The average Bonchev–Trinajstić information content (AvgIpc) is 2.92. The molecular weight excluding hydrogens is 359 g/mol. The Morgan fingerprint density at radius 1 is 1.17 bits per heavy atom. The monoisotopic (exact) mass is 374 g/mol. The molecule has 0 unspecified atom stereocenters. The molecule has 1 heterocycles. The van der Waals surface area contributed by atoms with Gasteiger partial charge >= 0.3 is 0 Å². The fourth-order valence-electron chi connectivity index (χ4n) is 2.58. The number of rotatable bonds is 5. The van der Waals surface area contributed by atoms with E-state index in [1.165, 1.54) is 12.1 Å². The number of amides is 1. The van der Waals surface area contributed by atoms with E-state index in [-0.39, 0.29) is 11.7 Å². The maximum Gasteiger partial charge on any atom is 0.224 e. The van der Waals surface area contributed by atoms with Gasteiger partial charge in [-0.3, -0.25) is 4.79 Å². The quantitative estimate of drug-likeness (QED) is 0.697. The minimum atomic E-state index is -0.257. The van der Waals surface area contributed by atoms with Gasteiger partial charge in [-0.25, -0.2) is 4.39 Å². The smallest absolute Gasteiger partial charge is 0.224 e. The van der Waals surface area contributed by atoms with Gasteiger partial charge in [0.2, 0.25) is 5.91 Å². The first-order valence-electron chi connectivity index (χ1n) is 7.39. The Morgan fingerprint density at radius 2 is 2.00 bits per heavy atom. The summed E-state index contributed by atoms with van der Waals surface area (Å²) in [5.41, 5.74) is 2.81. The van der Waals surface area contributed by atoms with Crippen LogP contribution in [0.2, 0.25) is 0 Å². The van der Waals surface area contributed by atoms with Gasteiger partial charge in [0.1, 0.15) is 5.82 Å². The van der Waals surface area contributed by atoms with Crippen LogP contribution in [0.3, 0.4) is 0 Å². The van der Waals surface area contributed by atoms with Crippen LogP contribution in [0.15, 0.2) is 53.1 Å². The van der Waals surface area contributed by atoms with Gasteiger partial charge in [0.15, 0.2) is 0 Å². The van der Waals surface area contributed by atoms with Crippen LogP contribution in [0.4, 0.5) is 4.39 Å². The van der Waals surface area contributed by atoms with E-state index in [0.717, 1.165) is 26.5 Å². The molecule has 0 saturated carbocycles. The number of benzene rings is 2. The molecule has 0 radical (unpaired) electrons. The fourth-order valence-corrected chi connectivity index (χ4v) is 3.00. The number of carbonyl (C=O) groups is 1. The fraction of sp³-hybridized carbons (Fsp3) is 0.167. The van der Waals surface area contributed by atoms with Crippen molar-refractivity contribution in [2.45, 2.75) is 12.8 Å². The summed E-state index contributed by atoms with van der Waals surface area (Å²) >= 11 is 3.44. The normalized spacial score (nSPS) is 10.9. The highest BCUT2D eigenvalue weighted by Crippen LogP contribution is 2.19. The summed E-state index contributed by atoms with van der Waals surface area (Å²) in [6, 6.07) is 12.4. The highest BCUT2D eigenvalue weighted by molar-refractivity contribution is 9.10. The number of aromatic amines is 1. The Labute approximate surface area is 142 Å². The first kappa shape index (κ1) is 15.7. The number of halogens is 2. The minimum Gasteiger partial charge on any atom is -0.361 e. The molecule has 3 aromatic rings. The largest absolute Gasteiger partial charge is 0.361 e. The van der Waals surface area contributed by atoms with E-state index in [4.69, 9.17) is 0 Å². The van der Waals surface area contributed by atoms with Gasteiger partial charge in [0.25, 0.3) is 0 Å². The Balaban J connectivity index is 1.56. The second-order valence-electron chi connectivity index (χ2n) is 5.37. The summed E-state index contributed by atoms with van der Waals surface area (Å²) in [5.74, 6) is -0.268. The number of fused-ring (bicyclic) bond motifs is 1. The lowest BCUT2D eigenvalue weighted by atomic mass is 10.1. The van der Waals surface area contributed by atoms with Crippen molar-refractivity contribution in [3.63, 3.8) is 0 Å². The minimum absolute atomic E-state index is 0.0113. The number of H-pyrrole nitrogens is 1. The van der Waals surface area contributed by atoms with Crippen LogP contribution in [0.25, 0.3) is 10.9 Å². The number of hydrogen-bond acceptors (Lipinski definition) is 1. The summed E-state index contributed by atoms with van der Waals surface area (Å²) in [7, 11) is 0. The number of aromatic nitrogens is 1. The van der Waals surface area contributed by atoms with Crippen molar-refractivity contribution in [3.05, 3.63) is 70.1 Å². The van der Waals surface area contributed by atoms with E-state index in [9.17, 15) is 9.18 Å². The molecule has 0 fully saturated rings. The van der Waals surface area contributed by atoms with Crippen molar-refractivity contribution >= 4 is 32.7 Å². The third-order valence-corrected chi connectivity index (χ3v) is 4.53. The molecule has 1 amide bonds. The molecule has 23 heavy (non-hydrogen) atoms. The number of hydrogen-bond donors (Lipinski definition) is 2. The molecule has 2 N–H and O–H groups in total. The molecule has 118 valence electrons. The molecule has 5 heteroatoms. The SMILES string of the molecule is O=C(Cc1ccccc1Br)NCCc1c[nH]c2cc(F)ccc12. The molecule has 0 aliphatic carbocycles. The molecule has 0 saturated heterocycles. The van der Waals surface area contributed by atoms with Crippen molar-refractivity contribution < 1.29 is 9.18 Å². The van der Waals surface area contributed by atoms with Crippen molar-refractivity contribution in [2.75, 3.05) is 6.54 Å². The van der Waals surface area contributed by atoms with E-state index in [0.29, 0.717) is 19.4 Å². The van der Waals surface area contributed by atoms with Gasteiger partial charge in [-0.05, 0) is 41.8 Å². The first-order chi connectivity index (χ1) is 11.1. The topological polar surface area (TPSA) is 44.9 Å². The Hall–Kier alpha value is -2.14. The third-order valence-electron chi connectivity index (χ3n) is 3.75. The van der Waals surface area contributed by atoms with E-state index < -0.39 is 0 Å². The summed E-state index contributed by atoms with van der Waals surface area (Å²) in [4.78, 5) is 15.1. The van der Waals surface area contributed by atoms with Crippen molar-refractivity contribution in [1.82, 2.24) is 10.3 Å². The predicted molar refractivity (Wildman–Crippen MR) is 92.8 cm³/mol. The molecule has 3 nitrogen and oxygen atoms in total. The van der Waals surface area contributed by atoms with Crippen molar-refractivity contribution in [3.8, 4) is 0 Å². The molecule has 1 aromatic heterocycles. The Kier molecular flexibility index (Phi) is 4.76. The van der Waals surface area contributed by atoms with E-state index in [1.807, 2.05) is 30.5 Å². The first-order valence-corrected chi connectivity index (χ1v) is 8.18. The van der Waals surface area contributed by atoms with Gasteiger partial charge in [-0.15, -0.1) is 0 Å². The van der Waals surface area contributed by atoms with Gasteiger partial charge < -0.3 is 10.3 Å². The molecule has 0 bridgehead atoms. The molecule has 0 aliphatic heterocycles. The summed E-state index contributed by atoms with van der Waals surface area (Å²) in [6.45, 7) is 0.549. The van der Waals surface area contributed by atoms with Crippen LogP contribution in [-0.4, -0.2) is 17.4 Å². The zero-order chi connectivity index (χ0) is 16.2. The van der Waals surface area contributed by atoms with E-state index in [2.05, 4.69) is 26.2 Å². The summed E-state index contributed by atoms with van der Waals surface area (Å²) in [5, 5.41) is 3.92. The lowest BCUT2D eigenvalue weighted by molar-refractivity contribution is -0.120. The third kappa shape index (κ3) is 3.79. The lowest BCUT2D eigenvalue weighted by Gasteiger charge is -2.06. The maximum atomic E-state index is 13.2. The van der Waals surface area contributed by atoms with Gasteiger partial charge in [0, 0.05) is 28.1 Å². The Bertz CT molecular complexity index is 844. The van der Waals surface area contributed by atoms with Crippen LogP contribution in [-0.2, 0) is 17.6 Å². The van der Waals surface area contributed by atoms with Crippen LogP contribution in [0.5, 0.6) is 0 Å². The van der Waals surface area contributed by atoms with Crippen molar-refractivity contribution in [1.29, 1.82) is 0 Å². The lowest BCUT2D eigenvalue weighted by Crippen LogP contribution is -2.27. The molecule has 3 rings (SSSR count). The molecule has 2 aromatic carbocycles. The zero-order valence-electron chi connectivity index (χ0n) is 12.4. The van der Waals surface area contributed by atoms with Crippen LogP contribution < -0.4 is 5.32 Å². The van der Waals surface area contributed by atoms with Gasteiger partial charge in [0.05, 0.1) is 6.42 Å². The maximum absolute atomic E-state index is 13.2. The number of carbonyl (C=O) groups excluding carboxylic acids is 1. The van der Waals surface area contributed by atoms with Gasteiger partial charge in [-0.2, -0.15) is 0 Å². The van der Waals surface area contributed by atoms with Crippen LogP contribution in [0, 0.1) is 5.82 Å². The van der Waals surface area contributed by atoms with E-state index >= 15 is 0 Å². The number of nitrogens with one attached hydrogen (secondary N) is 2. The predicted octanol–water partition coefficient (Wildman–Crippen LogP) is 3.97. The Morgan fingerprint density at radius 3 is 2.83 bits per heavy atom. The zero-order valence-corrected chi connectivity index (χ0v) is 14.0.